The fraction of sp³-hybridized carbons (Fsp3) is 0.200. The Morgan fingerprint density at radius 3 is 2.81 bits per heavy atom. The topological polar surface area (TPSA) is 102 Å². The number of aromatic hydroxyl groups is 1. The molecule has 6 nitrogen and oxygen atoms in total. The summed E-state index contributed by atoms with van der Waals surface area (Å²) in [6, 6.07) is 4.30. The number of amides is 1. The fourth-order valence-electron chi connectivity index (χ4n) is 1.07. The van der Waals surface area contributed by atoms with Crippen molar-refractivity contribution >= 4 is 17.6 Å². The van der Waals surface area contributed by atoms with E-state index in [1.54, 1.807) is 0 Å². The SMILES string of the molecule is COC(=O)CNC(=O)c1cccc(O)c1N. The van der Waals surface area contributed by atoms with Gasteiger partial charge in [0.05, 0.1) is 18.4 Å². The first-order valence-electron chi connectivity index (χ1n) is 4.48. The van der Waals surface area contributed by atoms with Gasteiger partial charge < -0.3 is 20.9 Å². The van der Waals surface area contributed by atoms with Crippen LogP contribution in [0.25, 0.3) is 0 Å². The van der Waals surface area contributed by atoms with Crippen molar-refractivity contribution in [3.63, 3.8) is 0 Å². The molecule has 0 bridgehead atoms. The van der Waals surface area contributed by atoms with Crippen LogP contribution in [0.1, 0.15) is 10.4 Å². The molecular weight excluding hydrogens is 212 g/mol. The van der Waals surface area contributed by atoms with Gasteiger partial charge in [0.15, 0.2) is 0 Å². The van der Waals surface area contributed by atoms with Crippen molar-refractivity contribution < 1.29 is 19.4 Å². The quantitative estimate of drug-likeness (QED) is 0.377. The number of hydrogen-bond donors (Lipinski definition) is 3. The molecule has 4 N–H and O–H groups in total. The minimum atomic E-state index is -0.563. The molecule has 0 fully saturated rings. The Morgan fingerprint density at radius 1 is 1.50 bits per heavy atom. The number of ether oxygens (including phenoxy) is 1. The third-order valence-corrected chi connectivity index (χ3v) is 1.95. The molecule has 0 aliphatic carbocycles. The van der Waals surface area contributed by atoms with Crippen LogP contribution in [-0.4, -0.2) is 30.6 Å². The molecule has 86 valence electrons. The van der Waals surface area contributed by atoms with E-state index >= 15 is 0 Å². The number of benzene rings is 1. The van der Waals surface area contributed by atoms with Gasteiger partial charge in [0.25, 0.3) is 5.91 Å². The van der Waals surface area contributed by atoms with E-state index in [1.807, 2.05) is 0 Å². The second-order valence-electron chi connectivity index (χ2n) is 3.00. The number of carbonyl (C=O) groups is 2. The normalized spacial score (nSPS) is 9.56. The molecule has 16 heavy (non-hydrogen) atoms. The molecular formula is C10H12N2O4. The maximum absolute atomic E-state index is 11.5. The lowest BCUT2D eigenvalue weighted by Crippen LogP contribution is -2.30. The molecule has 0 aromatic heterocycles. The maximum Gasteiger partial charge on any atom is 0.325 e. The van der Waals surface area contributed by atoms with Crippen LogP contribution >= 0.6 is 0 Å². The highest BCUT2D eigenvalue weighted by molar-refractivity contribution is 6.01. The second kappa shape index (κ2) is 5.01. The van der Waals surface area contributed by atoms with Gasteiger partial charge in [-0.1, -0.05) is 6.07 Å². The molecule has 0 atom stereocenters. The van der Waals surface area contributed by atoms with Crippen molar-refractivity contribution in [2.24, 2.45) is 0 Å². The Balaban J connectivity index is 2.74. The third kappa shape index (κ3) is 2.63. The van der Waals surface area contributed by atoms with Crippen LogP contribution in [0.2, 0.25) is 0 Å². The molecule has 0 unspecified atom stereocenters. The summed E-state index contributed by atoms with van der Waals surface area (Å²) in [4.78, 5) is 22.3. The highest BCUT2D eigenvalue weighted by Gasteiger charge is 2.12. The zero-order chi connectivity index (χ0) is 12.1. The third-order valence-electron chi connectivity index (χ3n) is 1.95. The molecule has 0 spiro atoms. The Morgan fingerprint density at radius 2 is 2.19 bits per heavy atom. The molecule has 0 aliphatic rings. The number of phenolic OH excluding ortho intramolecular Hbond substituents is 1. The maximum atomic E-state index is 11.5. The van der Waals surface area contributed by atoms with Gasteiger partial charge in [-0.05, 0) is 12.1 Å². The van der Waals surface area contributed by atoms with E-state index in [9.17, 15) is 14.7 Å². The van der Waals surface area contributed by atoms with Crippen LogP contribution < -0.4 is 11.1 Å². The van der Waals surface area contributed by atoms with Gasteiger partial charge in [0, 0.05) is 0 Å². The molecule has 0 aliphatic heterocycles. The van der Waals surface area contributed by atoms with E-state index in [-0.39, 0.29) is 23.5 Å². The first-order chi connectivity index (χ1) is 7.56. The lowest BCUT2D eigenvalue weighted by atomic mass is 10.1. The smallest absolute Gasteiger partial charge is 0.325 e. The summed E-state index contributed by atoms with van der Waals surface area (Å²) < 4.78 is 4.36. The zero-order valence-electron chi connectivity index (χ0n) is 8.69. The molecule has 0 radical (unpaired) electrons. The van der Waals surface area contributed by atoms with Crippen molar-refractivity contribution in [1.82, 2.24) is 5.32 Å². The van der Waals surface area contributed by atoms with Gasteiger partial charge in [-0.25, -0.2) is 0 Å². The van der Waals surface area contributed by atoms with Gasteiger partial charge >= 0.3 is 5.97 Å². The molecule has 1 rings (SSSR count). The van der Waals surface area contributed by atoms with Gasteiger partial charge in [-0.3, -0.25) is 9.59 Å². The average molecular weight is 224 g/mol. The van der Waals surface area contributed by atoms with Gasteiger partial charge in [0.2, 0.25) is 0 Å². The monoisotopic (exact) mass is 224 g/mol. The van der Waals surface area contributed by atoms with Gasteiger partial charge in [0.1, 0.15) is 12.3 Å². The number of phenols is 1. The molecule has 0 saturated carbocycles. The summed E-state index contributed by atoms with van der Waals surface area (Å²) in [5.41, 5.74) is 5.59. The zero-order valence-corrected chi connectivity index (χ0v) is 8.69. The Labute approximate surface area is 92.0 Å². The molecule has 1 aromatic carbocycles. The van der Waals surface area contributed by atoms with Crippen molar-refractivity contribution in [1.29, 1.82) is 0 Å². The lowest BCUT2D eigenvalue weighted by Gasteiger charge is -2.07. The van der Waals surface area contributed by atoms with E-state index in [2.05, 4.69) is 10.1 Å². The summed E-state index contributed by atoms with van der Waals surface area (Å²) in [6.07, 6.45) is 0. The number of rotatable bonds is 3. The molecule has 6 heteroatoms. The van der Waals surface area contributed by atoms with Crippen LogP contribution in [0.5, 0.6) is 5.75 Å². The molecule has 0 heterocycles. The summed E-state index contributed by atoms with van der Waals surface area (Å²) in [5.74, 6) is -1.28. The number of methoxy groups -OCH3 is 1. The Bertz CT molecular complexity index is 417. The second-order valence-corrected chi connectivity index (χ2v) is 3.00. The first kappa shape index (κ1) is 11.8. The standard InChI is InChI=1S/C10H12N2O4/c1-16-8(14)5-12-10(15)6-3-2-4-7(13)9(6)11/h2-4,13H,5,11H2,1H3,(H,12,15). The van der Waals surface area contributed by atoms with Crippen molar-refractivity contribution in [3.05, 3.63) is 23.8 Å². The predicted molar refractivity (Wildman–Crippen MR) is 56.9 cm³/mol. The summed E-state index contributed by atoms with van der Waals surface area (Å²) >= 11 is 0. The molecule has 0 saturated heterocycles. The minimum absolute atomic E-state index is 0.0233. The highest BCUT2D eigenvalue weighted by Crippen LogP contribution is 2.22. The summed E-state index contributed by atoms with van der Waals surface area (Å²) in [6.45, 7) is -0.246. The number of nitrogen functional groups attached to an aromatic ring is 1. The van der Waals surface area contributed by atoms with E-state index in [1.165, 1.54) is 25.3 Å². The number of para-hydroxylation sites is 1. The largest absolute Gasteiger partial charge is 0.506 e. The summed E-state index contributed by atoms with van der Waals surface area (Å²) in [7, 11) is 1.22. The average Bonchev–Trinajstić information content (AvgIpc) is 2.29. The molecule has 1 aromatic rings. The van der Waals surface area contributed by atoms with E-state index in [0.717, 1.165) is 0 Å². The van der Waals surface area contributed by atoms with Crippen molar-refractivity contribution in [2.75, 3.05) is 19.4 Å². The Kier molecular flexibility index (Phi) is 3.71. The van der Waals surface area contributed by atoms with Crippen LogP contribution in [0, 0.1) is 0 Å². The van der Waals surface area contributed by atoms with Crippen LogP contribution in [0.15, 0.2) is 18.2 Å². The summed E-state index contributed by atoms with van der Waals surface area (Å²) in [5, 5.41) is 11.6. The number of nitrogens with two attached hydrogens (primary N) is 1. The van der Waals surface area contributed by atoms with Gasteiger partial charge in [-0.15, -0.1) is 0 Å². The predicted octanol–water partition coefficient (Wildman–Crippen LogP) is -0.123. The van der Waals surface area contributed by atoms with E-state index in [4.69, 9.17) is 5.73 Å². The van der Waals surface area contributed by atoms with Crippen LogP contribution in [0.3, 0.4) is 0 Å². The number of hydrogen-bond acceptors (Lipinski definition) is 5. The van der Waals surface area contributed by atoms with Crippen molar-refractivity contribution in [2.45, 2.75) is 0 Å². The van der Waals surface area contributed by atoms with Crippen LogP contribution in [-0.2, 0) is 9.53 Å². The lowest BCUT2D eigenvalue weighted by molar-refractivity contribution is -0.139. The van der Waals surface area contributed by atoms with Crippen molar-refractivity contribution in [3.8, 4) is 5.75 Å². The van der Waals surface area contributed by atoms with E-state index < -0.39 is 11.9 Å². The first-order valence-corrected chi connectivity index (χ1v) is 4.48. The van der Waals surface area contributed by atoms with Gasteiger partial charge in [-0.2, -0.15) is 0 Å². The number of nitrogens with one attached hydrogen (secondary N) is 1. The highest BCUT2D eigenvalue weighted by atomic mass is 16.5. The Hall–Kier alpha value is -2.24. The number of carbonyl (C=O) groups excluding carboxylic acids is 2. The van der Waals surface area contributed by atoms with Crippen LogP contribution in [0.4, 0.5) is 5.69 Å². The fourth-order valence-corrected chi connectivity index (χ4v) is 1.07. The molecule has 1 amide bonds. The number of esters is 1. The number of anilines is 1. The minimum Gasteiger partial charge on any atom is -0.506 e. The van der Waals surface area contributed by atoms with E-state index in [0.29, 0.717) is 0 Å².